The molecule has 0 atom stereocenters. The van der Waals surface area contributed by atoms with Crippen molar-refractivity contribution in [2.45, 2.75) is 13.0 Å². The van der Waals surface area contributed by atoms with Crippen LogP contribution < -0.4 is 11.1 Å². The fourth-order valence-electron chi connectivity index (χ4n) is 1.89. The lowest BCUT2D eigenvalue weighted by atomic mass is 10.1. The Labute approximate surface area is 121 Å². The summed E-state index contributed by atoms with van der Waals surface area (Å²) in [4.78, 5) is 24.4. The molecule has 110 valence electrons. The molecule has 7 nitrogen and oxygen atoms in total. The maximum Gasteiger partial charge on any atom is 0.287 e. The van der Waals surface area contributed by atoms with E-state index < -0.39 is 4.92 Å². The first kappa shape index (κ1) is 14.7. The SMILES string of the molecule is NCCc1ccc(CNC(=O)c2cc([N+](=O)[O-])c[nH]2)cc1. The molecule has 0 saturated carbocycles. The number of nitrogens with two attached hydrogens (primary N) is 1. The van der Waals surface area contributed by atoms with E-state index in [2.05, 4.69) is 10.3 Å². The van der Waals surface area contributed by atoms with Gasteiger partial charge < -0.3 is 16.0 Å². The Kier molecular flexibility index (Phi) is 4.68. The molecule has 0 saturated heterocycles. The number of hydrogen-bond acceptors (Lipinski definition) is 4. The fourth-order valence-corrected chi connectivity index (χ4v) is 1.89. The van der Waals surface area contributed by atoms with Crippen LogP contribution in [0.25, 0.3) is 0 Å². The van der Waals surface area contributed by atoms with E-state index in [0.29, 0.717) is 13.1 Å². The number of rotatable bonds is 6. The highest BCUT2D eigenvalue weighted by molar-refractivity contribution is 5.93. The third-order valence-electron chi connectivity index (χ3n) is 3.03. The molecule has 2 aromatic rings. The highest BCUT2D eigenvalue weighted by Gasteiger charge is 2.13. The van der Waals surface area contributed by atoms with Crippen molar-refractivity contribution >= 4 is 11.6 Å². The first-order valence-electron chi connectivity index (χ1n) is 6.49. The number of carbonyl (C=O) groups is 1. The topological polar surface area (TPSA) is 114 Å². The van der Waals surface area contributed by atoms with Gasteiger partial charge in [-0.15, -0.1) is 0 Å². The second kappa shape index (κ2) is 6.67. The predicted molar refractivity (Wildman–Crippen MR) is 77.8 cm³/mol. The second-order valence-corrected chi connectivity index (χ2v) is 4.57. The van der Waals surface area contributed by atoms with Gasteiger partial charge in [-0.05, 0) is 24.1 Å². The Balaban J connectivity index is 1.92. The maximum absolute atomic E-state index is 11.8. The largest absolute Gasteiger partial charge is 0.351 e. The number of nitrogens with one attached hydrogen (secondary N) is 2. The van der Waals surface area contributed by atoms with Crippen LogP contribution in [0.4, 0.5) is 5.69 Å². The van der Waals surface area contributed by atoms with Gasteiger partial charge in [-0.1, -0.05) is 24.3 Å². The number of nitro groups is 1. The molecule has 7 heteroatoms. The second-order valence-electron chi connectivity index (χ2n) is 4.57. The first-order valence-corrected chi connectivity index (χ1v) is 6.49. The molecule has 1 heterocycles. The van der Waals surface area contributed by atoms with Gasteiger partial charge in [0.1, 0.15) is 5.69 Å². The van der Waals surface area contributed by atoms with E-state index in [-0.39, 0.29) is 17.3 Å². The van der Waals surface area contributed by atoms with Crippen LogP contribution in [0.15, 0.2) is 36.5 Å². The smallest absolute Gasteiger partial charge is 0.287 e. The van der Waals surface area contributed by atoms with Gasteiger partial charge in [-0.25, -0.2) is 0 Å². The zero-order valence-electron chi connectivity index (χ0n) is 11.3. The summed E-state index contributed by atoms with van der Waals surface area (Å²) < 4.78 is 0. The monoisotopic (exact) mass is 288 g/mol. The summed E-state index contributed by atoms with van der Waals surface area (Å²) in [6, 6.07) is 8.98. The summed E-state index contributed by atoms with van der Waals surface area (Å²) in [5.74, 6) is -0.380. The molecule has 1 aromatic carbocycles. The highest BCUT2D eigenvalue weighted by Crippen LogP contribution is 2.12. The minimum atomic E-state index is -0.552. The molecule has 0 aliphatic carbocycles. The third-order valence-corrected chi connectivity index (χ3v) is 3.03. The number of carbonyl (C=O) groups excluding carboxylic acids is 1. The lowest BCUT2D eigenvalue weighted by Gasteiger charge is -2.05. The quantitative estimate of drug-likeness (QED) is 0.550. The van der Waals surface area contributed by atoms with Gasteiger partial charge in [-0.2, -0.15) is 0 Å². The molecule has 0 bridgehead atoms. The molecule has 4 N–H and O–H groups in total. The maximum atomic E-state index is 11.8. The van der Waals surface area contributed by atoms with Gasteiger partial charge in [0.05, 0.1) is 11.1 Å². The summed E-state index contributed by atoms with van der Waals surface area (Å²) >= 11 is 0. The zero-order valence-corrected chi connectivity index (χ0v) is 11.3. The Hall–Kier alpha value is -2.67. The molecule has 1 amide bonds. The van der Waals surface area contributed by atoms with Crippen LogP contribution in [0.2, 0.25) is 0 Å². The summed E-state index contributed by atoms with van der Waals surface area (Å²) in [6.07, 6.45) is 2.01. The standard InChI is InChI=1S/C14H16N4O3/c15-6-5-10-1-3-11(4-2-10)8-17-14(19)13-7-12(9-16-13)18(20)21/h1-4,7,9,16H,5-6,8,15H2,(H,17,19). The van der Waals surface area contributed by atoms with Crippen molar-refractivity contribution in [2.24, 2.45) is 5.73 Å². The van der Waals surface area contributed by atoms with Crippen molar-refractivity contribution in [1.82, 2.24) is 10.3 Å². The average molecular weight is 288 g/mol. The molecule has 0 aliphatic rings. The van der Waals surface area contributed by atoms with Crippen LogP contribution >= 0.6 is 0 Å². The highest BCUT2D eigenvalue weighted by atomic mass is 16.6. The molecule has 0 aliphatic heterocycles. The average Bonchev–Trinajstić information content (AvgIpc) is 2.97. The number of nitrogens with zero attached hydrogens (tertiary/aromatic N) is 1. The zero-order chi connectivity index (χ0) is 15.2. The molecule has 1 aromatic heterocycles. The van der Waals surface area contributed by atoms with E-state index in [1.807, 2.05) is 24.3 Å². The van der Waals surface area contributed by atoms with Gasteiger partial charge >= 0.3 is 0 Å². The van der Waals surface area contributed by atoms with Crippen LogP contribution in [0.3, 0.4) is 0 Å². The number of aromatic nitrogens is 1. The van der Waals surface area contributed by atoms with E-state index in [4.69, 9.17) is 5.73 Å². The molecule has 0 unspecified atom stereocenters. The first-order chi connectivity index (χ1) is 10.1. The summed E-state index contributed by atoms with van der Waals surface area (Å²) in [6.45, 7) is 0.955. The van der Waals surface area contributed by atoms with Crippen molar-refractivity contribution in [3.63, 3.8) is 0 Å². The lowest BCUT2D eigenvalue weighted by molar-refractivity contribution is -0.384. The van der Waals surface area contributed by atoms with E-state index in [9.17, 15) is 14.9 Å². The molecule has 2 rings (SSSR count). The van der Waals surface area contributed by atoms with Crippen LogP contribution in [-0.4, -0.2) is 22.4 Å². The Morgan fingerprint density at radius 1 is 1.29 bits per heavy atom. The predicted octanol–water partition coefficient (Wildman–Crippen LogP) is 1.35. The normalized spacial score (nSPS) is 10.3. The van der Waals surface area contributed by atoms with E-state index in [1.54, 1.807) is 0 Å². The Morgan fingerprint density at radius 2 is 1.95 bits per heavy atom. The molecule has 0 radical (unpaired) electrons. The lowest BCUT2D eigenvalue weighted by Crippen LogP contribution is -2.23. The minimum Gasteiger partial charge on any atom is -0.351 e. The number of aromatic amines is 1. The van der Waals surface area contributed by atoms with Gasteiger partial charge in [0, 0.05) is 12.6 Å². The third kappa shape index (κ3) is 3.90. The minimum absolute atomic E-state index is 0.133. The van der Waals surface area contributed by atoms with E-state index >= 15 is 0 Å². The van der Waals surface area contributed by atoms with Crippen molar-refractivity contribution in [3.05, 3.63) is 63.5 Å². The van der Waals surface area contributed by atoms with Crippen LogP contribution in [0.1, 0.15) is 21.6 Å². The van der Waals surface area contributed by atoms with Gasteiger partial charge in [0.25, 0.3) is 11.6 Å². The van der Waals surface area contributed by atoms with Crippen molar-refractivity contribution in [1.29, 1.82) is 0 Å². The van der Waals surface area contributed by atoms with Crippen LogP contribution in [0, 0.1) is 10.1 Å². The van der Waals surface area contributed by atoms with Crippen molar-refractivity contribution in [2.75, 3.05) is 6.54 Å². The Bertz CT molecular complexity index is 634. The van der Waals surface area contributed by atoms with E-state index in [1.165, 1.54) is 12.3 Å². The molecule has 21 heavy (non-hydrogen) atoms. The van der Waals surface area contributed by atoms with E-state index in [0.717, 1.165) is 17.5 Å². The molecule has 0 spiro atoms. The number of H-pyrrole nitrogens is 1. The van der Waals surface area contributed by atoms with Gasteiger partial charge in [0.2, 0.25) is 0 Å². The summed E-state index contributed by atoms with van der Waals surface area (Å²) in [7, 11) is 0. The number of benzene rings is 1. The number of hydrogen-bond donors (Lipinski definition) is 3. The van der Waals surface area contributed by atoms with Crippen LogP contribution in [0.5, 0.6) is 0 Å². The molecular formula is C14H16N4O3. The fraction of sp³-hybridized carbons (Fsp3) is 0.214. The summed E-state index contributed by atoms with van der Waals surface area (Å²) in [5.41, 5.74) is 7.61. The van der Waals surface area contributed by atoms with Crippen molar-refractivity contribution < 1.29 is 9.72 Å². The molecule has 0 fully saturated rings. The summed E-state index contributed by atoms with van der Waals surface area (Å²) in [5, 5.41) is 13.2. The molecular weight excluding hydrogens is 272 g/mol. The number of amides is 1. The van der Waals surface area contributed by atoms with Gasteiger partial charge in [0.15, 0.2) is 0 Å². The Morgan fingerprint density at radius 3 is 2.52 bits per heavy atom. The van der Waals surface area contributed by atoms with Gasteiger partial charge in [-0.3, -0.25) is 14.9 Å². The van der Waals surface area contributed by atoms with Crippen molar-refractivity contribution in [3.8, 4) is 0 Å². The van der Waals surface area contributed by atoms with Crippen LogP contribution in [-0.2, 0) is 13.0 Å².